The summed E-state index contributed by atoms with van der Waals surface area (Å²) in [4.78, 5) is 12.4. The Balaban J connectivity index is 1.88. The molecule has 3 rings (SSSR count). The van der Waals surface area contributed by atoms with E-state index in [9.17, 15) is 17.6 Å². The second-order valence-corrected chi connectivity index (χ2v) is 9.22. The van der Waals surface area contributed by atoms with Gasteiger partial charge in [0.25, 0.3) is 5.91 Å². The lowest BCUT2D eigenvalue weighted by Crippen LogP contribution is -2.31. The molecule has 0 aliphatic heterocycles. The quantitative estimate of drug-likeness (QED) is 0.546. The largest absolute Gasteiger partial charge is 0.468 e. The Kier molecular flexibility index (Phi) is 6.00. The molecule has 0 bridgehead atoms. The van der Waals surface area contributed by atoms with Crippen LogP contribution in [0.5, 0.6) is 0 Å². The first-order chi connectivity index (χ1) is 13.3. The lowest BCUT2D eigenvalue weighted by molar-refractivity contribution is 0.0953. The number of benzene rings is 2. The van der Waals surface area contributed by atoms with Gasteiger partial charge in [-0.1, -0.05) is 15.9 Å². The van der Waals surface area contributed by atoms with Crippen LogP contribution in [-0.2, 0) is 9.84 Å². The fourth-order valence-corrected chi connectivity index (χ4v) is 4.62. The van der Waals surface area contributed by atoms with Crippen molar-refractivity contribution in [2.24, 2.45) is 0 Å². The van der Waals surface area contributed by atoms with E-state index in [2.05, 4.69) is 21.2 Å². The van der Waals surface area contributed by atoms with Crippen LogP contribution in [0.15, 0.2) is 74.6 Å². The number of furan rings is 1. The molecule has 1 amide bonds. The predicted molar refractivity (Wildman–Crippen MR) is 106 cm³/mol. The van der Waals surface area contributed by atoms with Crippen LogP contribution >= 0.6 is 15.9 Å². The normalized spacial score (nSPS) is 12.5. The molecule has 1 aromatic heterocycles. The van der Waals surface area contributed by atoms with Gasteiger partial charge in [0.1, 0.15) is 16.8 Å². The van der Waals surface area contributed by atoms with Gasteiger partial charge in [-0.15, -0.1) is 0 Å². The fourth-order valence-electron chi connectivity index (χ4n) is 2.68. The van der Waals surface area contributed by atoms with Crippen LogP contribution in [0.3, 0.4) is 0 Å². The van der Waals surface area contributed by atoms with Gasteiger partial charge in [0.2, 0.25) is 0 Å². The fraction of sp³-hybridized carbons (Fsp3) is 0.150. The van der Waals surface area contributed by atoms with E-state index < -0.39 is 26.8 Å². The highest BCUT2D eigenvalue weighted by Gasteiger charge is 2.32. The number of halogens is 2. The summed E-state index contributed by atoms with van der Waals surface area (Å²) in [6.07, 6.45) is 1.37. The number of sulfone groups is 1. The zero-order chi connectivity index (χ0) is 20.3. The number of amides is 1. The van der Waals surface area contributed by atoms with Crippen molar-refractivity contribution in [2.45, 2.75) is 17.1 Å². The molecule has 1 unspecified atom stereocenters. The Morgan fingerprint density at radius 2 is 1.89 bits per heavy atom. The third-order valence-electron chi connectivity index (χ3n) is 4.25. The highest BCUT2D eigenvalue weighted by molar-refractivity contribution is 9.10. The van der Waals surface area contributed by atoms with Crippen molar-refractivity contribution >= 4 is 31.7 Å². The number of hydrogen-bond donors (Lipinski definition) is 1. The van der Waals surface area contributed by atoms with E-state index in [0.29, 0.717) is 5.56 Å². The lowest BCUT2D eigenvalue weighted by Gasteiger charge is -2.17. The Morgan fingerprint density at radius 1 is 1.18 bits per heavy atom. The van der Waals surface area contributed by atoms with Crippen molar-refractivity contribution in [3.63, 3.8) is 0 Å². The van der Waals surface area contributed by atoms with E-state index in [0.717, 1.165) is 10.5 Å². The first-order valence-electron chi connectivity index (χ1n) is 8.36. The summed E-state index contributed by atoms with van der Waals surface area (Å²) in [5.74, 6) is -0.704. The first-order valence-corrected chi connectivity index (χ1v) is 10.7. The van der Waals surface area contributed by atoms with E-state index in [4.69, 9.17) is 4.42 Å². The Labute approximate surface area is 170 Å². The summed E-state index contributed by atoms with van der Waals surface area (Å²) in [6, 6.07) is 13.4. The van der Waals surface area contributed by atoms with Crippen molar-refractivity contribution in [1.82, 2.24) is 5.32 Å². The lowest BCUT2D eigenvalue weighted by atomic mass is 10.2. The molecule has 0 fully saturated rings. The summed E-state index contributed by atoms with van der Waals surface area (Å²) in [5.41, 5.74) is 0.620. The summed E-state index contributed by atoms with van der Waals surface area (Å²) < 4.78 is 46.0. The molecular weight excluding hydrogens is 449 g/mol. The van der Waals surface area contributed by atoms with Crippen molar-refractivity contribution in [3.05, 3.63) is 88.0 Å². The summed E-state index contributed by atoms with van der Waals surface area (Å²) in [7, 11) is -3.93. The topological polar surface area (TPSA) is 76.4 Å². The zero-order valence-corrected chi connectivity index (χ0v) is 17.3. The van der Waals surface area contributed by atoms with Gasteiger partial charge in [-0.3, -0.25) is 4.79 Å². The number of carbonyl (C=O) groups excluding carboxylic acids is 1. The molecule has 0 spiro atoms. The van der Waals surface area contributed by atoms with Crippen LogP contribution in [-0.4, -0.2) is 20.9 Å². The maximum atomic E-state index is 13.6. The molecule has 0 aliphatic rings. The summed E-state index contributed by atoms with van der Waals surface area (Å²) in [5, 5.41) is 1.49. The molecule has 0 aliphatic carbocycles. The van der Waals surface area contributed by atoms with Crippen LogP contribution in [0.25, 0.3) is 0 Å². The van der Waals surface area contributed by atoms with Crippen molar-refractivity contribution < 1.29 is 22.0 Å². The molecule has 5 nitrogen and oxygen atoms in total. The van der Waals surface area contributed by atoms with E-state index in [1.807, 2.05) is 0 Å². The smallest absolute Gasteiger partial charge is 0.251 e. The third-order valence-corrected chi connectivity index (χ3v) is 6.84. The van der Waals surface area contributed by atoms with Gasteiger partial charge in [-0.05, 0) is 67.1 Å². The van der Waals surface area contributed by atoms with E-state index in [1.54, 1.807) is 30.3 Å². The number of hydrogen-bond acceptors (Lipinski definition) is 4. The molecule has 146 valence electrons. The number of rotatable bonds is 6. The maximum absolute atomic E-state index is 13.6. The van der Waals surface area contributed by atoms with Crippen molar-refractivity contribution in [3.8, 4) is 0 Å². The Morgan fingerprint density at radius 3 is 2.50 bits per heavy atom. The number of carbonyl (C=O) groups is 1. The van der Waals surface area contributed by atoms with Gasteiger partial charge < -0.3 is 9.73 Å². The Bertz CT molecular complexity index is 1080. The van der Waals surface area contributed by atoms with Gasteiger partial charge in [-0.2, -0.15) is 0 Å². The SMILES string of the molecule is Cc1cc(S(=O)(=O)C(CNC(=O)c2ccc(Br)cc2)c2ccco2)ccc1F. The summed E-state index contributed by atoms with van der Waals surface area (Å²) in [6.45, 7) is 1.30. The van der Waals surface area contributed by atoms with E-state index in [-0.39, 0.29) is 22.8 Å². The van der Waals surface area contributed by atoms with Crippen LogP contribution in [0.1, 0.15) is 26.9 Å². The highest BCUT2D eigenvalue weighted by Crippen LogP contribution is 2.30. The van der Waals surface area contributed by atoms with Crippen LogP contribution < -0.4 is 5.32 Å². The first kappa shape index (κ1) is 20.3. The molecular formula is C20H17BrFNO4S. The number of nitrogens with one attached hydrogen (secondary N) is 1. The van der Waals surface area contributed by atoms with E-state index in [1.165, 1.54) is 31.4 Å². The average molecular weight is 466 g/mol. The van der Waals surface area contributed by atoms with Crippen molar-refractivity contribution in [1.29, 1.82) is 0 Å². The van der Waals surface area contributed by atoms with Crippen LogP contribution in [0.4, 0.5) is 4.39 Å². The second-order valence-electron chi connectivity index (χ2n) is 6.18. The van der Waals surface area contributed by atoms with Gasteiger partial charge >= 0.3 is 0 Å². The summed E-state index contributed by atoms with van der Waals surface area (Å²) >= 11 is 3.30. The standard InChI is InChI=1S/C20H17BrFNO4S/c1-13-11-16(8-9-17(13)22)28(25,26)19(18-3-2-10-27-18)12-23-20(24)14-4-6-15(21)7-5-14/h2-11,19H,12H2,1H3,(H,23,24). The molecule has 0 saturated heterocycles. The van der Waals surface area contributed by atoms with Gasteiger partial charge in [0.05, 0.1) is 11.2 Å². The third kappa shape index (κ3) is 4.34. The minimum atomic E-state index is -3.93. The molecule has 28 heavy (non-hydrogen) atoms. The Hall–Kier alpha value is -2.45. The molecule has 0 radical (unpaired) electrons. The number of aryl methyl sites for hydroxylation is 1. The highest BCUT2D eigenvalue weighted by atomic mass is 79.9. The molecule has 8 heteroatoms. The molecule has 1 heterocycles. The molecule has 1 atom stereocenters. The zero-order valence-electron chi connectivity index (χ0n) is 14.9. The van der Waals surface area contributed by atoms with E-state index >= 15 is 0 Å². The van der Waals surface area contributed by atoms with Gasteiger partial charge in [-0.25, -0.2) is 12.8 Å². The second kappa shape index (κ2) is 8.28. The maximum Gasteiger partial charge on any atom is 0.251 e. The van der Waals surface area contributed by atoms with Crippen LogP contribution in [0, 0.1) is 12.7 Å². The van der Waals surface area contributed by atoms with Gasteiger partial charge in [0, 0.05) is 16.6 Å². The minimum absolute atomic E-state index is 0.0364. The van der Waals surface area contributed by atoms with Gasteiger partial charge in [0.15, 0.2) is 9.84 Å². The molecule has 3 aromatic rings. The molecule has 2 aromatic carbocycles. The van der Waals surface area contributed by atoms with Crippen LogP contribution in [0.2, 0.25) is 0 Å². The molecule has 1 N–H and O–H groups in total. The van der Waals surface area contributed by atoms with Crippen molar-refractivity contribution in [2.75, 3.05) is 6.54 Å². The minimum Gasteiger partial charge on any atom is -0.468 e. The molecule has 0 saturated carbocycles. The monoisotopic (exact) mass is 465 g/mol. The predicted octanol–water partition coefficient (Wildman–Crippen LogP) is 4.43. The average Bonchev–Trinajstić information content (AvgIpc) is 3.18.